The SMILES string of the molecule is CN1Cc2ccccc2C(=O)c2c1nc1ccc(Br)cc1c2Cl.CN1Cc2ccccc2C(O)c2c1nc1ccc(Br)cc1c2Cl. The third kappa shape index (κ3) is 5.36. The number of pyridine rings is 2. The molecule has 0 amide bonds. The number of benzene rings is 4. The van der Waals surface area contributed by atoms with Gasteiger partial charge in [0.2, 0.25) is 0 Å². The number of halogens is 4. The Balaban J connectivity index is 0.000000147. The first-order valence-corrected chi connectivity index (χ1v) is 16.8. The molecule has 8 rings (SSSR count). The predicted molar refractivity (Wildman–Crippen MR) is 193 cm³/mol. The summed E-state index contributed by atoms with van der Waals surface area (Å²) in [5.41, 5.74) is 6.40. The lowest BCUT2D eigenvalue weighted by atomic mass is 9.97. The number of aromatic nitrogens is 2. The maximum atomic E-state index is 13.1. The molecule has 2 aliphatic rings. The van der Waals surface area contributed by atoms with Gasteiger partial charge in [0.05, 0.1) is 26.6 Å². The number of carbonyl (C=O) groups is 1. The summed E-state index contributed by atoms with van der Waals surface area (Å²) in [6.07, 6.45) is -0.783. The van der Waals surface area contributed by atoms with E-state index in [-0.39, 0.29) is 5.78 Å². The van der Waals surface area contributed by atoms with Gasteiger partial charge in [0, 0.05) is 58.0 Å². The quantitative estimate of drug-likeness (QED) is 0.166. The number of anilines is 2. The van der Waals surface area contributed by atoms with Crippen molar-refractivity contribution in [1.82, 2.24) is 9.97 Å². The normalized spacial score (nSPS) is 15.3. The molecule has 230 valence electrons. The number of carbonyl (C=O) groups excluding carboxylic acids is 1. The number of nitrogens with zero attached hydrogens (tertiary/aromatic N) is 4. The summed E-state index contributed by atoms with van der Waals surface area (Å²) in [4.78, 5) is 26.5. The highest BCUT2D eigenvalue weighted by Crippen LogP contribution is 2.43. The van der Waals surface area contributed by atoms with Gasteiger partial charge >= 0.3 is 0 Å². The van der Waals surface area contributed by atoms with Gasteiger partial charge in [-0.05, 0) is 53.1 Å². The molecule has 0 spiro atoms. The van der Waals surface area contributed by atoms with Crippen LogP contribution >= 0.6 is 55.1 Å². The molecule has 46 heavy (non-hydrogen) atoms. The number of fused-ring (bicyclic) bond motifs is 6. The molecular formula is C36H26Br2Cl2N4O2. The molecule has 1 N–H and O–H groups in total. The zero-order chi connectivity index (χ0) is 32.3. The van der Waals surface area contributed by atoms with Crippen LogP contribution in [0.25, 0.3) is 21.8 Å². The largest absolute Gasteiger partial charge is 0.383 e. The van der Waals surface area contributed by atoms with E-state index >= 15 is 0 Å². The van der Waals surface area contributed by atoms with Crippen molar-refractivity contribution in [2.45, 2.75) is 19.2 Å². The minimum Gasteiger partial charge on any atom is -0.383 e. The Morgan fingerprint density at radius 2 is 1.28 bits per heavy atom. The average molecular weight is 777 g/mol. The van der Waals surface area contributed by atoms with Crippen molar-refractivity contribution in [2.24, 2.45) is 0 Å². The van der Waals surface area contributed by atoms with Gasteiger partial charge in [-0.2, -0.15) is 0 Å². The van der Waals surface area contributed by atoms with E-state index in [1.165, 1.54) is 0 Å². The summed E-state index contributed by atoms with van der Waals surface area (Å²) in [5.74, 6) is 1.29. The Morgan fingerprint density at radius 3 is 1.98 bits per heavy atom. The Hall–Kier alpha value is -3.53. The number of hydrogen-bond acceptors (Lipinski definition) is 6. The van der Waals surface area contributed by atoms with Crippen molar-refractivity contribution in [2.75, 3.05) is 23.9 Å². The Labute approximate surface area is 292 Å². The molecule has 4 aromatic carbocycles. The third-order valence-corrected chi connectivity index (χ3v) is 10.2. The monoisotopic (exact) mass is 774 g/mol. The number of aliphatic hydroxyl groups is 1. The molecule has 6 aromatic rings. The molecule has 2 aliphatic heterocycles. The molecule has 10 heteroatoms. The lowest BCUT2D eigenvalue weighted by Gasteiger charge is -2.21. The lowest BCUT2D eigenvalue weighted by Crippen LogP contribution is -2.18. The summed E-state index contributed by atoms with van der Waals surface area (Å²) in [7, 11) is 3.91. The fourth-order valence-corrected chi connectivity index (χ4v) is 7.55. The fourth-order valence-electron chi connectivity index (χ4n) is 6.17. The number of aliphatic hydroxyl groups excluding tert-OH is 1. The van der Waals surface area contributed by atoms with E-state index in [1.54, 1.807) is 0 Å². The van der Waals surface area contributed by atoms with Crippen LogP contribution in [0.5, 0.6) is 0 Å². The topological polar surface area (TPSA) is 69.6 Å². The van der Waals surface area contributed by atoms with E-state index in [0.717, 1.165) is 53.3 Å². The molecule has 0 saturated carbocycles. The smallest absolute Gasteiger partial charge is 0.198 e. The molecule has 0 saturated heterocycles. The molecule has 6 nitrogen and oxygen atoms in total. The maximum absolute atomic E-state index is 13.1. The third-order valence-electron chi connectivity index (χ3n) is 8.41. The second kappa shape index (κ2) is 12.2. The van der Waals surface area contributed by atoms with E-state index in [1.807, 2.05) is 109 Å². The van der Waals surface area contributed by atoms with E-state index in [9.17, 15) is 9.90 Å². The molecule has 4 heterocycles. The highest BCUT2D eigenvalue weighted by molar-refractivity contribution is 9.10. The van der Waals surface area contributed by atoms with Gasteiger partial charge in [0.15, 0.2) is 5.78 Å². The summed E-state index contributed by atoms with van der Waals surface area (Å²) in [5, 5.41) is 13.6. The van der Waals surface area contributed by atoms with E-state index < -0.39 is 6.10 Å². The minimum absolute atomic E-state index is 0.0701. The molecule has 0 bridgehead atoms. The first kappa shape index (κ1) is 31.1. The molecule has 1 atom stereocenters. The van der Waals surface area contributed by atoms with Gasteiger partial charge < -0.3 is 14.9 Å². The van der Waals surface area contributed by atoms with Gasteiger partial charge in [-0.1, -0.05) is 104 Å². The Bertz CT molecular complexity index is 2210. The molecular weight excluding hydrogens is 751 g/mol. The van der Waals surface area contributed by atoms with Crippen LogP contribution < -0.4 is 9.80 Å². The van der Waals surface area contributed by atoms with Crippen LogP contribution in [0, 0.1) is 0 Å². The van der Waals surface area contributed by atoms with Crippen molar-refractivity contribution in [3.8, 4) is 0 Å². The predicted octanol–water partition coefficient (Wildman–Crippen LogP) is 9.51. The van der Waals surface area contributed by atoms with Crippen molar-refractivity contribution in [3.05, 3.63) is 137 Å². The Kier molecular flexibility index (Phi) is 8.28. The first-order chi connectivity index (χ1) is 22.1. The van der Waals surface area contributed by atoms with E-state index in [2.05, 4.69) is 31.9 Å². The van der Waals surface area contributed by atoms with Crippen LogP contribution in [0.3, 0.4) is 0 Å². The summed E-state index contributed by atoms with van der Waals surface area (Å²) in [6, 6.07) is 27.1. The second-order valence-corrected chi connectivity index (χ2v) is 14.0. The maximum Gasteiger partial charge on any atom is 0.198 e. The van der Waals surface area contributed by atoms with Crippen LogP contribution in [-0.4, -0.2) is 35.0 Å². The highest BCUT2D eigenvalue weighted by Gasteiger charge is 2.30. The van der Waals surface area contributed by atoms with Crippen LogP contribution in [0.1, 0.15) is 44.3 Å². The van der Waals surface area contributed by atoms with Crippen molar-refractivity contribution in [3.63, 3.8) is 0 Å². The summed E-state index contributed by atoms with van der Waals surface area (Å²) >= 11 is 20.2. The molecule has 2 aromatic heterocycles. The lowest BCUT2D eigenvalue weighted by molar-refractivity contribution is 0.103. The van der Waals surface area contributed by atoms with Gasteiger partial charge in [-0.15, -0.1) is 0 Å². The van der Waals surface area contributed by atoms with Crippen LogP contribution in [0.4, 0.5) is 11.6 Å². The molecule has 0 aliphatic carbocycles. The summed E-state index contributed by atoms with van der Waals surface area (Å²) < 4.78 is 1.84. The number of rotatable bonds is 0. The number of hydrogen-bond donors (Lipinski definition) is 1. The zero-order valence-corrected chi connectivity index (χ0v) is 29.4. The van der Waals surface area contributed by atoms with Crippen molar-refractivity contribution >= 4 is 94.3 Å². The number of ketones is 1. The van der Waals surface area contributed by atoms with Crippen molar-refractivity contribution in [1.29, 1.82) is 0 Å². The molecule has 1 unspecified atom stereocenters. The van der Waals surface area contributed by atoms with Crippen molar-refractivity contribution < 1.29 is 9.90 Å². The van der Waals surface area contributed by atoms with Crippen LogP contribution in [0.2, 0.25) is 10.0 Å². The minimum atomic E-state index is -0.783. The van der Waals surface area contributed by atoms with Crippen LogP contribution in [-0.2, 0) is 13.1 Å². The molecule has 0 fully saturated rings. The van der Waals surface area contributed by atoms with E-state index in [0.29, 0.717) is 45.6 Å². The van der Waals surface area contributed by atoms with Gasteiger partial charge in [0.1, 0.15) is 17.7 Å². The second-order valence-electron chi connectivity index (χ2n) is 11.4. The Morgan fingerprint density at radius 1 is 0.739 bits per heavy atom. The zero-order valence-electron chi connectivity index (χ0n) is 24.7. The van der Waals surface area contributed by atoms with E-state index in [4.69, 9.17) is 33.2 Å². The van der Waals surface area contributed by atoms with Crippen LogP contribution in [0.15, 0.2) is 93.9 Å². The average Bonchev–Trinajstić information content (AvgIpc) is 3.22. The van der Waals surface area contributed by atoms with Gasteiger partial charge in [-0.3, -0.25) is 4.79 Å². The highest BCUT2D eigenvalue weighted by atomic mass is 79.9. The standard InChI is InChI=1S/C18H14BrClN2O.C18H12BrClN2O/c2*1-22-9-10-4-2-3-5-12(10)17(23)15-16(20)13-8-11(19)6-7-14(13)21-18(15)22/h2-8,17,23H,9H2,1H3;2-8H,9H2,1H3. The van der Waals surface area contributed by atoms with Gasteiger partial charge in [0.25, 0.3) is 0 Å². The van der Waals surface area contributed by atoms with Gasteiger partial charge in [-0.25, -0.2) is 9.97 Å². The fraction of sp³-hybridized carbons (Fsp3) is 0.139. The summed E-state index contributed by atoms with van der Waals surface area (Å²) in [6.45, 7) is 1.31. The first-order valence-electron chi connectivity index (χ1n) is 14.5. The molecule has 0 radical (unpaired) electrons.